The van der Waals surface area contributed by atoms with E-state index in [0.29, 0.717) is 39.8 Å². The Hall–Kier alpha value is -3.70. The summed E-state index contributed by atoms with van der Waals surface area (Å²) in [5, 5.41) is 26.8. The molecular weight excluding hydrogens is 532 g/mol. The van der Waals surface area contributed by atoms with Gasteiger partial charge in [0.25, 0.3) is 5.69 Å². The molecule has 34 heavy (non-hydrogen) atoms. The van der Waals surface area contributed by atoms with Crippen molar-refractivity contribution in [2.45, 2.75) is 13.5 Å². The third-order valence-corrected chi connectivity index (χ3v) is 5.39. The van der Waals surface area contributed by atoms with Crippen molar-refractivity contribution in [2.75, 3.05) is 12.0 Å². The molecule has 0 amide bonds. The van der Waals surface area contributed by atoms with E-state index in [1.807, 2.05) is 19.1 Å². The number of non-ortho nitro benzene ring substituents is 1. The Labute approximate surface area is 207 Å². The Bertz CT molecular complexity index is 1240. The lowest BCUT2D eigenvalue weighted by atomic mass is 10.2. The minimum Gasteiger partial charge on any atom is -0.490 e. The Morgan fingerprint density at radius 2 is 1.74 bits per heavy atom. The van der Waals surface area contributed by atoms with Crippen LogP contribution in [0.4, 0.5) is 17.1 Å². The molecule has 0 aliphatic rings. The highest BCUT2D eigenvalue weighted by Crippen LogP contribution is 2.34. The fraction of sp³-hybridized carbons (Fsp3) is 0.136. The summed E-state index contributed by atoms with van der Waals surface area (Å²) in [7, 11) is 0. The third kappa shape index (κ3) is 6.42. The van der Waals surface area contributed by atoms with Gasteiger partial charge in [-0.2, -0.15) is 5.10 Å². The van der Waals surface area contributed by atoms with E-state index in [1.165, 1.54) is 12.3 Å². The van der Waals surface area contributed by atoms with Gasteiger partial charge < -0.3 is 9.47 Å². The minimum absolute atomic E-state index is 0.0101. The number of halogens is 2. The molecule has 1 N–H and O–H groups in total. The molecule has 0 unspecified atom stereocenters. The number of anilines is 1. The summed E-state index contributed by atoms with van der Waals surface area (Å²) in [6, 6.07) is 14.0. The number of nitro groups is 2. The summed E-state index contributed by atoms with van der Waals surface area (Å²) < 4.78 is 12.2. The molecule has 3 aromatic rings. The van der Waals surface area contributed by atoms with E-state index in [1.54, 1.807) is 24.3 Å². The molecule has 3 aromatic carbocycles. The fourth-order valence-corrected chi connectivity index (χ4v) is 3.37. The Morgan fingerprint density at radius 3 is 2.38 bits per heavy atom. The van der Waals surface area contributed by atoms with E-state index < -0.39 is 15.5 Å². The first-order chi connectivity index (χ1) is 16.3. The van der Waals surface area contributed by atoms with Crippen molar-refractivity contribution in [1.29, 1.82) is 0 Å². The number of nitrogens with zero attached hydrogens (tertiary/aromatic N) is 3. The molecule has 0 aliphatic heterocycles. The molecule has 0 aromatic heterocycles. The van der Waals surface area contributed by atoms with Gasteiger partial charge in [0.15, 0.2) is 11.5 Å². The van der Waals surface area contributed by atoms with Crippen molar-refractivity contribution in [1.82, 2.24) is 0 Å². The molecule has 3 rings (SSSR count). The number of benzene rings is 3. The van der Waals surface area contributed by atoms with E-state index in [4.69, 9.17) is 21.1 Å². The third-order valence-electron chi connectivity index (χ3n) is 4.45. The van der Waals surface area contributed by atoms with Gasteiger partial charge >= 0.3 is 5.69 Å². The van der Waals surface area contributed by atoms with Gasteiger partial charge in [0.05, 0.1) is 28.7 Å². The zero-order valence-corrected chi connectivity index (χ0v) is 20.1. The predicted octanol–water partition coefficient (Wildman–Crippen LogP) is 6.34. The van der Waals surface area contributed by atoms with E-state index in [-0.39, 0.29) is 11.4 Å². The van der Waals surface area contributed by atoms with Gasteiger partial charge in [-0.05, 0) is 58.7 Å². The Morgan fingerprint density at radius 1 is 1.03 bits per heavy atom. The molecule has 0 bridgehead atoms. The maximum atomic E-state index is 11.3. The number of hydrogen-bond acceptors (Lipinski definition) is 8. The first-order valence-corrected chi connectivity index (χ1v) is 11.0. The zero-order valence-electron chi connectivity index (χ0n) is 17.7. The Kier molecular flexibility index (Phi) is 8.39. The highest BCUT2D eigenvalue weighted by molar-refractivity contribution is 9.10. The summed E-state index contributed by atoms with van der Waals surface area (Å²) >= 11 is 9.38. The average molecular weight is 550 g/mol. The lowest BCUT2D eigenvalue weighted by Crippen LogP contribution is -2.02. The van der Waals surface area contributed by atoms with Crippen LogP contribution in [0.1, 0.15) is 18.1 Å². The fourth-order valence-electron chi connectivity index (χ4n) is 2.82. The van der Waals surface area contributed by atoms with Crippen molar-refractivity contribution < 1.29 is 19.3 Å². The molecule has 0 atom stereocenters. The van der Waals surface area contributed by atoms with Gasteiger partial charge in [-0.25, -0.2) is 0 Å². The van der Waals surface area contributed by atoms with Crippen LogP contribution in [0.15, 0.2) is 64.2 Å². The normalized spacial score (nSPS) is 10.8. The summed E-state index contributed by atoms with van der Waals surface area (Å²) in [6.45, 7) is 2.55. The second-order valence-corrected chi connectivity index (χ2v) is 8.05. The Balaban J connectivity index is 1.79. The average Bonchev–Trinajstić information content (AvgIpc) is 2.81. The maximum absolute atomic E-state index is 11.3. The lowest BCUT2D eigenvalue weighted by molar-refractivity contribution is -0.393. The highest BCUT2D eigenvalue weighted by Gasteiger charge is 2.19. The number of nitro benzene ring substituents is 2. The van der Waals surface area contributed by atoms with Crippen LogP contribution in [0, 0.1) is 20.2 Å². The molecule has 176 valence electrons. The van der Waals surface area contributed by atoms with E-state index in [2.05, 4.69) is 26.5 Å². The second-order valence-electron chi connectivity index (χ2n) is 6.75. The van der Waals surface area contributed by atoms with Crippen LogP contribution < -0.4 is 14.9 Å². The first kappa shape index (κ1) is 24.9. The second kappa shape index (κ2) is 11.4. The van der Waals surface area contributed by atoms with Gasteiger partial charge in [0.1, 0.15) is 12.3 Å². The van der Waals surface area contributed by atoms with Gasteiger partial charge in [0.2, 0.25) is 0 Å². The SMILES string of the molecule is CCOc1cc(/C=N/Nc2ccc([N+](=O)[O-])cc2[N+](=O)[O-])c(Br)cc1OCc1ccc(Cl)cc1. The van der Waals surface area contributed by atoms with Crippen molar-refractivity contribution in [3.8, 4) is 11.5 Å². The van der Waals surface area contributed by atoms with Crippen LogP contribution in [-0.2, 0) is 6.61 Å². The highest BCUT2D eigenvalue weighted by atomic mass is 79.9. The molecule has 0 radical (unpaired) electrons. The molecule has 0 heterocycles. The van der Waals surface area contributed by atoms with Gasteiger partial charge in [-0.15, -0.1) is 0 Å². The zero-order chi connectivity index (χ0) is 24.7. The number of ether oxygens (including phenoxy) is 2. The van der Waals surface area contributed by atoms with E-state index in [0.717, 1.165) is 17.7 Å². The van der Waals surface area contributed by atoms with Crippen LogP contribution in [-0.4, -0.2) is 22.7 Å². The van der Waals surface area contributed by atoms with E-state index >= 15 is 0 Å². The van der Waals surface area contributed by atoms with Crippen molar-refractivity contribution in [3.63, 3.8) is 0 Å². The smallest absolute Gasteiger partial charge is 0.301 e. The van der Waals surface area contributed by atoms with Gasteiger partial charge in [0, 0.05) is 21.1 Å². The predicted molar refractivity (Wildman–Crippen MR) is 132 cm³/mol. The molecular formula is C22H18BrClN4O6. The summed E-state index contributed by atoms with van der Waals surface area (Å²) in [6.07, 6.45) is 1.43. The van der Waals surface area contributed by atoms with Crippen LogP contribution in [0.3, 0.4) is 0 Å². The van der Waals surface area contributed by atoms with Crippen LogP contribution >= 0.6 is 27.5 Å². The summed E-state index contributed by atoms with van der Waals surface area (Å²) in [4.78, 5) is 20.7. The van der Waals surface area contributed by atoms with Crippen LogP contribution in [0.2, 0.25) is 5.02 Å². The molecule has 0 aliphatic carbocycles. The van der Waals surface area contributed by atoms with Gasteiger partial charge in [-0.1, -0.05) is 23.7 Å². The molecule has 0 spiro atoms. The van der Waals surface area contributed by atoms with E-state index in [9.17, 15) is 20.2 Å². The first-order valence-electron chi connectivity index (χ1n) is 9.84. The summed E-state index contributed by atoms with van der Waals surface area (Å²) in [5.74, 6) is 1.00. The quantitative estimate of drug-likeness (QED) is 0.177. The molecule has 0 fully saturated rings. The monoisotopic (exact) mass is 548 g/mol. The maximum Gasteiger partial charge on any atom is 0.301 e. The lowest BCUT2D eigenvalue weighted by Gasteiger charge is -2.14. The molecule has 0 saturated carbocycles. The molecule has 10 nitrogen and oxygen atoms in total. The number of rotatable bonds is 10. The number of hydrogen-bond donors (Lipinski definition) is 1. The van der Waals surface area contributed by atoms with Crippen LogP contribution in [0.5, 0.6) is 11.5 Å². The van der Waals surface area contributed by atoms with Crippen LogP contribution in [0.25, 0.3) is 0 Å². The number of hydrazone groups is 1. The standard InChI is InChI=1S/C22H18BrClN4O6/c1-2-33-21-9-15(18(23)11-22(21)34-13-14-3-5-16(24)6-4-14)12-25-26-19-8-7-17(27(29)30)10-20(19)28(31)32/h3-12,26H,2,13H2,1H3/b25-12+. The topological polar surface area (TPSA) is 129 Å². The minimum atomic E-state index is -0.721. The van der Waals surface area contributed by atoms with Crippen molar-refractivity contribution >= 4 is 50.8 Å². The molecule has 0 saturated heterocycles. The largest absolute Gasteiger partial charge is 0.490 e. The summed E-state index contributed by atoms with van der Waals surface area (Å²) in [5.41, 5.74) is 3.25. The van der Waals surface area contributed by atoms with Gasteiger partial charge in [-0.3, -0.25) is 25.7 Å². The number of nitrogens with one attached hydrogen (secondary N) is 1. The molecule has 12 heteroatoms. The van der Waals surface area contributed by atoms with Crippen molar-refractivity contribution in [2.24, 2.45) is 5.10 Å². The van der Waals surface area contributed by atoms with Crippen molar-refractivity contribution in [3.05, 3.63) is 95.4 Å².